The van der Waals surface area contributed by atoms with Crippen molar-refractivity contribution in [3.63, 3.8) is 0 Å². The average Bonchev–Trinajstić information content (AvgIpc) is 2.37. The van der Waals surface area contributed by atoms with Gasteiger partial charge < -0.3 is 5.32 Å². The van der Waals surface area contributed by atoms with Gasteiger partial charge in [-0.3, -0.25) is 0 Å². The third-order valence-electron chi connectivity index (χ3n) is 2.82. The van der Waals surface area contributed by atoms with Crippen LogP contribution in [0, 0.1) is 6.92 Å². The lowest BCUT2D eigenvalue weighted by Crippen LogP contribution is -2.27. The largest absolute Gasteiger partial charge is 0.412 e. The molecule has 100 valence electrons. The van der Waals surface area contributed by atoms with Crippen LogP contribution < -0.4 is 5.32 Å². The predicted octanol–water partition coefficient (Wildman–Crippen LogP) is 4.71. The van der Waals surface area contributed by atoms with Gasteiger partial charge >= 0.3 is 6.18 Å². The minimum absolute atomic E-state index is 0.204. The first kappa shape index (κ1) is 13.5. The molecule has 0 radical (unpaired) electrons. The van der Waals surface area contributed by atoms with Crippen LogP contribution in [0.5, 0.6) is 0 Å². The first-order valence-electron chi connectivity index (χ1n) is 5.92. The highest BCUT2D eigenvalue weighted by atomic mass is 19.4. The average molecular weight is 265 g/mol. The number of rotatable bonds is 3. The Balaban J connectivity index is 2.27. The summed E-state index contributed by atoms with van der Waals surface area (Å²) >= 11 is 0. The van der Waals surface area contributed by atoms with E-state index in [4.69, 9.17) is 0 Å². The van der Waals surface area contributed by atoms with Crippen molar-refractivity contribution < 1.29 is 13.2 Å². The Bertz CT molecular complexity index is 517. The highest BCUT2D eigenvalue weighted by Crippen LogP contribution is 2.35. The lowest BCUT2D eigenvalue weighted by molar-refractivity contribution is -0.144. The summed E-state index contributed by atoms with van der Waals surface area (Å²) in [6, 6.07) is 13.0. The zero-order chi connectivity index (χ0) is 13.9. The van der Waals surface area contributed by atoms with Crippen molar-refractivity contribution in [1.82, 2.24) is 0 Å². The highest BCUT2D eigenvalue weighted by molar-refractivity contribution is 5.47. The van der Waals surface area contributed by atoms with Crippen LogP contribution in [0.2, 0.25) is 0 Å². The monoisotopic (exact) mass is 265 g/mol. The van der Waals surface area contributed by atoms with Gasteiger partial charge in [0.25, 0.3) is 0 Å². The summed E-state index contributed by atoms with van der Waals surface area (Å²) < 4.78 is 39.3. The van der Waals surface area contributed by atoms with Gasteiger partial charge in [-0.2, -0.15) is 13.2 Å². The molecule has 0 spiro atoms. The van der Waals surface area contributed by atoms with Crippen LogP contribution in [0.15, 0.2) is 54.6 Å². The Labute approximate surface area is 110 Å². The Kier molecular flexibility index (Phi) is 3.79. The van der Waals surface area contributed by atoms with Gasteiger partial charge in [-0.1, -0.05) is 48.0 Å². The molecule has 2 aromatic carbocycles. The summed E-state index contributed by atoms with van der Waals surface area (Å²) in [5, 5.41) is 2.54. The van der Waals surface area contributed by atoms with Crippen LogP contribution in [-0.4, -0.2) is 6.18 Å². The van der Waals surface area contributed by atoms with E-state index in [0.717, 1.165) is 5.56 Å². The molecule has 0 bridgehead atoms. The summed E-state index contributed by atoms with van der Waals surface area (Å²) in [4.78, 5) is 0. The third-order valence-corrected chi connectivity index (χ3v) is 2.82. The van der Waals surface area contributed by atoms with Crippen LogP contribution in [0.4, 0.5) is 18.9 Å². The molecule has 0 aromatic heterocycles. The van der Waals surface area contributed by atoms with Crippen LogP contribution in [0.25, 0.3) is 0 Å². The second-order valence-electron chi connectivity index (χ2n) is 4.40. The zero-order valence-electron chi connectivity index (χ0n) is 10.4. The van der Waals surface area contributed by atoms with E-state index in [1.54, 1.807) is 42.5 Å². The molecule has 1 N–H and O–H groups in total. The molecule has 0 aliphatic carbocycles. The van der Waals surface area contributed by atoms with E-state index in [1.807, 2.05) is 6.92 Å². The topological polar surface area (TPSA) is 12.0 Å². The van der Waals surface area contributed by atoms with Crippen molar-refractivity contribution in [3.05, 3.63) is 65.7 Å². The molecule has 0 aliphatic rings. The number of anilines is 1. The lowest BCUT2D eigenvalue weighted by Gasteiger charge is -2.23. The van der Waals surface area contributed by atoms with Gasteiger partial charge in [0.1, 0.15) is 6.04 Å². The summed E-state index contributed by atoms with van der Waals surface area (Å²) in [5.74, 6) is 0. The SMILES string of the molecule is Cc1ccc(NC(c2ccccc2)C(F)(F)F)cc1. The zero-order valence-corrected chi connectivity index (χ0v) is 10.4. The van der Waals surface area contributed by atoms with Crippen molar-refractivity contribution in [1.29, 1.82) is 0 Å². The van der Waals surface area contributed by atoms with Gasteiger partial charge in [-0.15, -0.1) is 0 Å². The summed E-state index contributed by atoms with van der Waals surface area (Å²) in [6.07, 6.45) is -4.34. The van der Waals surface area contributed by atoms with Crippen LogP contribution in [-0.2, 0) is 0 Å². The van der Waals surface area contributed by atoms with Crippen LogP contribution in [0.1, 0.15) is 17.2 Å². The van der Waals surface area contributed by atoms with E-state index in [-0.39, 0.29) is 5.56 Å². The first-order valence-corrected chi connectivity index (χ1v) is 5.92. The molecule has 1 nitrogen and oxygen atoms in total. The van der Waals surface area contributed by atoms with Crippen molar-refractivity contribution in [2.24, 2.45) is 0 Å². The number of benzene rings is 2. The number of hydrogen-bond donors (Lipinski definition) is 1. The van der Waals surface area contributed by atoms with Gasteiger partial charge in [-0.05, 0) is 24.6 Å². The normalized spacial score (nSPS) is 13.1. The van der Waals surface area contributed by atoms with Gasteiger partial charge in [0.05, 0.1) is 0 Å². The highest BCUT2D eigenvalue weighted by Gasteiger charge is 2.40. The summed E-state index contributed by atoms with van der Waals surface area (Å²) in [7, 11) is 0. The van der Waals surface area contributed by atoms with Gasteiger partial charge in [0, 0.05) is 5.69 Å². The van der Waals surface area contributed by atoms with E-state index in [2.05, 4.69) is 5.32 Å². The number of nitrogens with one attached hydrogen (secondary N) is 1. The molecule has 1 unspecified atom stereocenters. The molecule has 19 heavy (non-hydrogen) atoms. The fourth-order valence-electron chi connectivity index (χ4n) is 1.82. The molecule has 0 saturated heterocycles. The molecule has 2 rings (SSSR count). The maximum Gasteiger partial charge on any atom is 0.412 e. The molecule has 0 heterocycles. The maximum atomic E-state index is 13.1. The fraction of sp³-hybridized carbons (Fsp3) is 0.200. The lowest BCUT2D eigenvalue weighted by atomic mass is 10.1. The number of aryl methyl sites for hydroxylation is 1. The molecular formula is C15H14F3N. The van der Waals surface area contributed by atoms with E-state index >= 15 is 0 Å². The van der Waals surface area contributed by atoms with E-state index in [9.17, 15) is 13.2 Å². The van der Waals surface area contributed by atoms with E-state index < -0.39 is 12.2 Å². The summed E-state index contributed by atoms with van der Waals surface area (Å²) in [6.45, 7) is 1.89. The smallest absolute Gasteiger partial charge is 0.370 e. The molecule has 0 saturated carbocycles. The maximum absolute atomic E-state index is 13.1. The molecule has 0 fully saturated rings. The summed E-state index contributed by atoms with van der Waals surface area (Å²) in [5.41, 5.74) is 1.67. The molecule has 0 amide bonds. The molecular weight excluding hydrogens is 251 g/mol. The number of alkyl halides is 3. The minimum Gasteiger partial charge on any atom is -0.370 e. The minimum atomic E-state index is -4.34. The van der Waals surface area contributed by atoms with Crippen molar-refractivity contribution in [2.75, 3.05) is 5.32 Å². The first-order chi connectivity index (χ1) is 8.97. The van der Waals surface area contributed by atoms with Crippen LogP contribution in [0.3, 0.4) is 0 Å². The molecule has 4 heteroatoms. The van der Waals surface area contributed by atoms with Crippen molar-refractivity contribution >= 4 is 5.69 Å². The van der Waals surface area contributed by atoms with E-state index in [0.29, 0.717) is 5.69 Å². The van der Waals surface area contributed by atoms with Crippen molar-refractivity contribution in [2.45, 2.75) is 19.1 Å². The second kappa shape index (κ2) is 5.34. The van der Waals surface area contributed by atoms with Crippen LogP contribution >= 0.6 is 0 Å². The molecule has 2 aromatic rings. The standard InChI is InChI=1S/C15H14F3N/c1-11-7-9-13(10-8-11)19-14(15(16,17)18)12-5-3-2-4-6-12/h2-10,14,19H,1H3. The number of hydrogen-bond acceptors (Lipinski definition) is 1. The fourth-order valence-corrected chi connectivity index (χ4v) is 1.82. The molecule has 1 atom stereocenters. The van der Waals surface area contributed by atoms with E-state index in [1.165, 1.54) is 12.1 Å². The van der Waals surface area contributed by atoms with Crippen molar-refractivity contribution in [3.8, 4) is 0 Å². The Morgan fingerprint density at radius 1 is 0.895 bits per heavy atom. The Morgan fingerprint density at radius 3 is 2.00 bits per heavy atom. The predicted molar refractivity (Wildman–Crippen MR) is 70.0 cm³/mol. The molecule has 0 aliphatic heterocycles. The third kappa shape index (κ3) is 3.50. The van der Waals surface area contributed by atoms with Gasteiger partial charge in [-0.25, -0.2) is 0 Å². The quantitative estimate of drug-likeness (QED) is 0.847. The van der Waals surface area contributed by atoms with Gasteiger partial charge in [0.2, 0.25) is 0 Å². The van der Waals surface area contributed by atoms with Gasteiger partial charge in [0.15, 0.2) is 0 Å². The Morgan fingerprint density at radius 2 is 1.47 bits per heavy atom. The second-order valence-corrected chi connectivity index (χ2v) is 4.40. The Hall–Kier alpha value is -1.97. The number of halogens is 3.